The van der Waals surface area contributed by atoms with Crippen molar-refractivity contribution >= 4 is 29.2 Å². The number of hydrogen-bond donors (Lipinski definition) is 2. The quantitative estimate of drug-likeness (QED) is 0.422. The molecule has 1 aliphatic carbocycles. The van der Waals surface area contributed by atoms with Crippen LogP contribution in [0.25, 0.3) is 0 Å². The highest BCUT2D eigenvalue weighted by atomic mass is 19.1. The number of ether oxygens (including phenoxy) is 1. The second-order valence-corrected chi connectivity index (χ2v) is 6.18. The maximum atomic E-state index is 13.6. The number of amides is 2. The highest BCUT2D eigenvalue weighted by Gasteiger charge is 2.21. The SMILES string of the molecule is O=C(COC(=O)CNC(=O)C1CCCCC1)Nc1cc([N+](=O)[O-])ccc1F. The smallest absolute Gasteiger partial charge is 0.325 e. The lowest BCUT2D eigenvalue weighted by Crippen LogP contribution is -2.36. The molecular weight excluding hydrogens is 361 g/mol. The van der Waals surface area contributed by atoms with E-state index >= 15 is 0 Å². The van der Waals surface area contributed by atoms with Gasteiger partial charge in [0.1, 0.15) is 12.4 Å². The number of nitro benzene ring substituents is 1. The van der Waals surface area contributed by atoms with Crippen LogP contribution in [0, 0.1) is 21.8 Å². The predicted octanol–water partition coefficient (Wildman–Crippen LogP) is 1.91. The number of non-ortho nitro benzene ring substituents is 1. The summed E-state index contributed by atoms with van der Waals surface area (Å²) in [5, 5.41) is 15.2. The standard InChI is InChI=1S/C17H20FN3O6/c18-13-7-6-12(21(25)26)8-14(13)20-15(22)10-27-16(23)9-19-17(24)11-4-2-1-3-5-11/h6-8,11H,1-5,9-10H2,(H,19,24)(H,20,22). The first-order chi connectivity index (χ1) is 12.9. The van der Waals surface area contributed by atoms with Gasteiger partial charge in [-0.25, -0.2) is 4.39 Å². The van der Waals surface area contributed by atoms with E-state index in [9.17, 15) is 28.9 Å². The lowest BCUT2D eigenvalue weighted by atomic mass is 9.89. The second-order valence-electron chi connectivity index (χ2n) is 6.18. The molecule has 0 atom stereocenters. The van der Waals surface area contributed by atoms with Gasteiger partial charge in [-0.1, -0.05) is 19.3 Å². The minimum atomic E-state index is -0.861. The van der Waals surface area contributed by atoms with E-state index < -0.39 is 40.6 Å². The summed E-state index contributed by atoms with van der Waals surface area (Å²) in [6.45, 7) is -1.08. The van der Waals surface area contributed by atoms with Crippen molar-refractivity contribution in [2.24, 2.45) is 5.92 Å². The van der Waals surface area contributed by atoms with E-state index in [4.69, 9.17) is 4.74 Å². The zero-order valence-electron chi connectivity index (χ0n) is 14.5. The number of anilines is 1. The van der Waals surface area contributed by atoms with E-state index in [1.54, 1.807) is 0 Å². The maximum absolute atomic E-state index is 13.6. The van der Waals surface area contributed by atoms with Crippen molar-refractivity contribution in [2.75, 3.05) is 18.5 Å². The minimum absolute atomic E-state index is 0.105. The van der Waals surface area contributed by atoms with Crippen molar-refractivity contribution in [2.45, 2.75) is 32.1 Å². The number of carbonyl (C=O) groups excluding carboxylic acids is 3. The Bertz CT molecular complexity index is 733. The van der Waals surface area contributed by atoms with E-state index in [2.05, 4.69) is 10.6 Å². The Labute approximate surface area is 154 Å². The molecule has 1 fully saturated rings. The van der Waals surface area contributed by atoms with Gasteiger partial charge in [-0.3, -0.25) is 24.5 Å². The summed E-state index contributed by atoms with van der Waals surface area (Å²) in [7, 11) is 0. The molecule has 0 unspecified atom stereocenters. The highest BCUT2D eigenvalue weighted by molar-refractivity contribution is 5.93. The van der Waals surface area contributed by atoms with Crippen molar-refractivity contribution in [3.63, 3.8) is 0 Å². The van der Waals surface area contributed by atoms with Crippen LogP contribution in [0.5, 0.6) is 0 Å². The Morgan fingerprint density at radius 2 is 1.93 bits per heavy atom. The molecule has 146 valence electrons. The number of carbonyl (C=O) groups is 3. The molecule has 2 amide bonds. The van der Waals surface area contributed by atoms with Crippen LogP contribution in [0.1, 0.15) is 32.1 Å². The lowest BCUT2D eigenvalue weighted by molar-refractivity contribution is -0.384. The Hall–Kier alpha value is -3.04. The predicted molar refractivity (Wildman–Crippen MR) is 92.2 cm³/mol. The molecule has 0 aromatic heterocycles. The van der Waals surface area contributed by atoms with E-state index in [-0.39, 0.29) is 18.4 Å². The lowest BCUT2D eigenvalue weighted by Gasteiger charge is -2.20. The topological polar surface area (TPSA) is 128 Å². The van der Waals surface area contributed by atoms with E-state index in [0.717, 1.165) is 50.3 Å². The molecule has 0 saturated heterocycles. The molecule has 9 nitrogen and oxygen atoms in total. The molecule has 0 radical (unpaired) electrons. The van der Waals surface area contributed by atoms with Gasteiger partial charge in [-0.2, -0.15) is 0 Å². The van der Waals surface area contributed by atoms with Gasteiger partial charge in [-0.05, 0) is 18.9 Å². The average Bonchev–Trinajstić information content (AvgIpc) is 2.66. The van der Waals surface area contributed by atoms with Gasteiger partial charge in [0.2, 0.25) is 5.91 Å². The van der Waals surface area contributed by atoms with Gasteiger partial charge < -0.3 is 15.4 Å². The summed E-state index contributed by atoms with van der Waals surface area (Å²) >= 11 is 0. The zero-order chi connectivity index (χ0) is 19.8. The van der Waals surface area contributed by atoms with Crippen LogP contribution in [-0.2, 0) is 19.1 Å². The van der Waals surface area contributed by atoms with Gasteiger partial charge in [0.25, 0.3) is 11.6 Å². The number of halogens is 1. The molecule has 0 spiro atoms. The molecule has 27 heavy (non-hydrogen) atoms. The third-order valence-electron chi connectivity index (χ3n) is 4.18. The summed E-state index contributed by atoms with van der Waals surface area (Å²) in [5.74, 6) is -2.85. The fraction of sp³-hybridized carbons (Fsp3) is 0.471. The molecule has 0 aliphatic heterocycles. The largest absolute Gasteiger partial charge is 0.454 e. The van der Waals surface area contributed by atoms with Crippen molar-refractivity contribution in [1.82, 2.24) is 5.32 Å². The monoisotopic (exact) mass is 381 g/mol. The molecule has 10 heteroatoms. The third-order valence-corrected chi connectivity index (χ3v) is 4.18. The van der Waals surface area contributed by atoms with Crippen LogP contribution in [0.4, 0.5) is 15.8 Å². The molecule has 2 rings (SSSR count). The van der Waals surface area contributed by atoms with Gasteiger partial charge >= 0.3 is 5.97 Å². The van der Waals surface area contributed by atoms with Crippen LogP contribution in [-0.4, -0.2) is 35.9 Å². The molecular formula is C17H20FN3O6. The number of nitro groups is 1. The summed E-state index contributed by atoms with van der Waals surface area (Å²) < 4.78 is 18.3. The van der Waals surface area contributed by atoms with Crippen LogP contribution in [0.3, 0.4) is 0 Å². The normalized spacial score (nSPS) is 14.3. The summed E-state index contributed by atoms with van der Waals surface area (Å²) in [6, 6.07) is 2.67. The Morgan fingerprint density at radius 1 is 1.22 bits per heavy atom. The first-order valence-electron chi connectivity index (χ1n) is 8.54. The molecule has 1 aromatic rings. The van der Waals surface area contributed by atoms with Gasteiger partial charge in [0, 0.05) is 18.1 Å². The minimum Gasteiger partial charge on any atom is -0.454 e. The average molecular weight is 381 g/mol. The first-order valence-corrected chi connectivity index (χ1v) is 8.54. The number of esters is 1. The fourth-order valence-corrected chi connectivity index (χ4v) is 2.77. The Kier molecular flexibility index (Phi) is 7.21. The Morgan fingerprint density at radius 3 is 2.59 bits per heavy atom. The number of nitrogens with one attached hydrogen (secondary N) is 2. The van der Waals surface area contributed by atoms with Gasteiger partial charge in [0.05, 0.1) is 10.6 Å². The van der Waals surface area contributed by atoms with Crippen LogP contribution in [0.15, 0.2) is 18.2 Å². The first kappa shape index (κ1) is 20.3. The number of benzene rings is 1. The second kappa shape index (κ2) is 9.60. The van der Waals surface area contributed by atoms with Crippen molar-refractivity contribution in [1.29, 1.82) is 0 Å². The van der Waals surface area contributed by atoms with E-state index in [1.807, 2.05) is 0 Å². The van der Waals surface area contributed by atoms with Crippen LogP contribution >= 0.6 is 0 Å². The molecule has 1 aliphatic rings. The van der Waals surface area contributed by atoms with Crippen molar-refractivity contribution < 1.29 is 28.4 Å². The Balaban J connectivity index is 1.75. The van der Waals surface area contributed by atoms with Crippen LogP contribution in [0.2, 0.25) is 0 Å². The highest BCUT2D eigenvalue weighted by Crippen LogP contribution is 2.23. The zero-order valence-corrected chi connectivity index (χ0v) is 14.5. The third kappa shape index (κ3) is 6.32. The molecule has 0 heterocycles. The number of nitrogens with zero attached hydrogens (tertiary/aromatic N) is 1. The maximum Gasteiger partial charge on any atom is 0.325 e. The molecule has 0 bridgehead atoms. The number of rotatable bonds is 7. The van der Waals surface area contributed by atoms with E-state index in [0.29, 0.717) is 0 Å². The van der Waals surface area contributed by atoms with Gasteiger partial charge in [0.15, 0.2) is 6.61 Å². The molecule has 1 aromatic carbocycles. The summed E-state index contributed by atoms with van der Waals surface area (Å²) in [4.78, 5) is 45.2. The number of hydrogen-bond acceptors (Lipinski definition) is 6. The van der Waals surface area contributed by atoms with Crippen molar-refractivity contribution in [3.05, 3.63) is 34.1 Å². The molecule has 2 N–H and O–H groups in total. The van der Waals surface area contributed by atoms with Crippen LogP contribution < -0.4 is 10.6 Å². The molecule has 1 saturated carbocycles. The van der Waals surface area contributed by atoms with E-state index in [1.165, 1.54) is 0 Å². The summed E-state index contributed by atoms with van der Waals surface area (Å²) in [6.07, 6.45) is 4.65. The van der Waals surface area contributed by atoms with Gasteiger partial charge in [-0.15, -0.1) is 0 Å². The summed E-state index contributed by atoms with van der Waals surface area (Å²) in [5.41, 5.74) is -0.787. The van der Waals surface area contributed by atoms with Crippen molar-refractivity contribution in [3.8, 4) is 0 Å². The fourth-order valence-electron chi connectivity index (χ4n) is 2.77.